The largest absolute Gasteiger partial charge is 0.368 e. The van der Waals surface area contributed by atoms with Gasteiger partial charge < -0.3 is 14.7 Å². The van der Waals surface area contributed by atoms with E-state index in [2.05, 4.69) is 17.0 Å². The van der Waals surface area contributed by atoms with Crippen molar-refractivity contribution >= 4 is 17.5 Å². The van der Waals surface area contributed by atoms with E-state index in [1.54, 1.807) is 25.8 Å². The van der Waals surface area contributed by atoms with Crippen molar-refractivity contribution in [3.63, 3.8) is 0 Å². The van der Waals surface area contributed by atoms with Crippen LogP contribution in [0.1, 0.15) is 19.4 Å². The predicted molar refractivity (Wildman–Crippen MR) is 112 cm³/mol. The Hall–Kier alpha value is -2.82. The van der Waals surface area contributed by atoms with Crippen LogP contribution < -0.4 is 4.90 Å². The van der Waals surface area contributed by atoms with Crippen LogP contribution in [0.15, 0.2) is 60.7 Å². The van der Waals surface area contributed by atoms with Gasteiger partial charge in [-0.15, -0.1) is 0 Å². The molecule has 0 saturated carbocycles. The maximum absolute atomic E-state index is 13.1. The van der Waals surface area contributed by atoms with E-state index in [0.717, 1.165) is 18.7 Å². The number of nitrogens with zero attached hydrogens (tertiary/aromatic N) is 3. The molecule has 1 aliphatic heterocycles. The van der Waals surface area contributed by atoms with Gasteiger partial charge >= 0.3 is 0 Å². The highest BCUT2D eigenvalue weighted by atomic mass is 16.2. The number of hydrogen-bond acceptors (Lipinski definition) is 3. The number of carbonyl (C=O) groups excluding carboxylic acids is 2. The monoisotopic (exact) mass is 379 g/mol. The van der Waals surface area contributed by atoms with E-state index in [-0.39, 0.29) is 11.8 Å². The third kappa shape index (κ3) is 4.35. The lowest BCUT2D eigenvalue weighted by Gasteiger charge is -2.39. The molecule has 28 heavy (non-hydrogen) atoms. The van der Waals surface area contributed by atoms with Crippen molar-refractivity contribution in [2.24, 2.45) is 5.41 Å². The molecule has 2 amide bonds. The second kappa shape index (κ2) is 8.46. The fraction of sp³-hybridized carbons (Fsp3) is 0.391. The Morgan fingerprint density at radius 2 is 1.43 bits per heavy atom. The van der Waals surface area contributed by atoms with Crippen molar-refractivity contribution in [2.45, 2.75) is 20.4 Å². The van der Waals surface area contributed by atoms with Gasteiger partial charge in [-0.2, -0.15) is 0 Å². The third-order valence-electron chi connectivity index (χ3n) is 5.37. The van der Waals surface area contributed by atoms with Crippen LogP contribution in [0.25, 0.3) is 0 Å². The van der Waals surface area contributed by atoms with Crippen molar-refractivity contribution in [3.05, 3.63) is 66.2 Å². The summed E-state index contributed by atoms with van der Waals surface area (Å²) in [6.45, 7) is 6.79. The minimum absolute atomic E-state index is 0.0925. The molecule has 0 radical (unpaired) electrons. The van der Waals surface area contributed by atoms with Crippen LogP contribution in [0.5, 0.6) is 0 Å². The van der Waals surface area contributed by atoms with Gasteiger partial charge in [0.05, 0.1) is 0 Å². The highest BCUT2D eigenvalue weighted by Crippen LogP contribution is 2.25. The molecule has 1 heterocycles. The lowest BCUT2D eigenvalue weighted by molar-refractivity contribution is -0.153. The summed E-state index contributed by atoms with van der Waals surface area (Å²) >= 11 is 0. The molecule has 2 aromatic carbocycles. The van der Waals surface area contributed by atoms with E-state index in [0.29, 0.717) is 19.6 Å². The van der Waals surface area contributed by atoms with Gasteiger partial charge in [0.25, 0.3) is 0 Å². The van der Waals surface area contributed by atoms with Crippen LogP contribution in [0, 0.1) is 5.41 Å². The van der Waals surface area contributed by atoms with E-state index in [9.17, 15) is 9.59 Å². The van der Waals surface area contributed by atoms with Crippen LogP contribution >= 0.6 is 0 Å². The number of carbonyl (C=O) groups is 2. The molecule has 0 unspecified atom stereocenters. The Kier molecular flexibility index (Phi) is 6.02. The van der Waals surface area contributed by atoms with Crippen LogP contribution in [-0.2, 0) is 16.1 Å². The Balaban J connectivity index is 1.60. The van der Waals surface area contributed by atoms with Crippen molar-refractivity contribution in [3.8, 4) is 0 Å². The molecule has 0 N–H and O–H groups in total. The van der Waals surface area contributed by atoms with Crippen LogP contribution in [0.4, 0.5) is 5.69 Å². The van der Waals surface area contributed by atoms with Crippen molar-refractivity contribution in [1.82, 2.24) is 9.80 Å². The molecule has 148 valence electrons. The molecule has 2 aromatic rings. The van der Waals surface area contributed by atoms with E-state index >= 15 is 0 Å². The Morgan fingerprint density at radius 1 is 0.893 bits per heavy atom. The fourth-order valence-corrected chi connectivity index (χ4v) is 3.70. The van der Waals surface area contributed by atoms with E-state index in [1.807, 2.05) is 53.4 Å². The first-order chi connectivity index (χ1) is 13.4. The maximum atomic E-state index is 13.1. The van der Waals surface area contributed by atoms with Crippen molar-refractivity contribution in [1.29, 1.82) is 0 Å². The highest BCUT2D eigenvalue weighted by molar-refractivity contribution is 6.04. The van der Waals surface area contributed by atoms with E-state index in [4.69, 9.17) is 0 Å². The van der Waals surface area contributed by atoms with Crippen molar-refractivity contribution < 1.29 is 9.59 Å². The van der Waals surface area contributed by atoms with E-state index in [1.165, 1.54) is 5.69 Å². The van der Waals surface area contributed by atoms with Gasteiger partial charge in [0.2, 0.25) is 11.8 Å². The number of rotatable bonds is 5. The first kappa shape index (κ1) is 19.9. The topological polar surface area (TPSA) is 43.9 Å². The molecular formula is C23H29N3O2. The summed E-state index contributed by atoms with van der Waals surface area (Å²) in [6.07, 6.45) is 0. The molecule has 0 bridgehead atoms. The molecular weight excluding hydrogens is 350 g/mol. The number of amides is 2. The summed E-state index contributed by atoms with van der Waals surface area (Å²) in [5, 5.41) is 0. The molecule has 1 aliphatic rings. The quantitative estimate of drug-likeness (QED) is 0.750. The summed E-state index contributed by atoms with van der Waals surface area (Å²) in [5.41, 5.74) is 1.16. The molecule has 1 fully saturated rings. The zero-order valence-corrected chi connectivity index (χ0v) is 17.0. The lowest BCUT2D eigenvalue weighted by Crippen LogP contribution is -2.55. The SMILES string of the molecule is CN(Cc1ccccc1)C(=O)C(C)(C)C(=O)N1CCN(c2ccccc2)CC1. The average Bonchev–Trinajstić information content (AvgIpc) is 2.74. The molecule has 0 spiro atoms. The van der Waals surface area contributed by atoms with Gasteiger partial charge in [0.15, 0.2) is 0 Å². The number of piperazine rings is 1. The minimum Gasteiger partial charge on any atom is -0.368 e. The molecule has 0 aromatic heterocycles. The second-order valence-corrected chi connectivity index (χ2v) is 7.89. The second-order valence-electron chi connectivity index (χ2n) is 7.89. The first-order valence-electron chi connectivity index (χ1n) is 9.78. The Morgan fingerprint density at radius 3 is 2.00 bits per heavy atom. The summed E-state index contributed by atoms with van der Waals surface area (Å²) < 4.78 is 0. The zero-order valence-electron chi connectivity index (χ0n) is 17.0. The fourth-order valence-electron chi connectivity index (χ4n) is 3.70. The Bertz CT molecular complexity index is 797. The molecule has 5 heteroatoms. The molecule has 0 aliphatic carbocycles. The van der Waals surface area contributed by atoms with Gasteiger partial charge in [-0.3, -0.25) is 9.59 Å². The summed E-state index contributed by atoms with van der Waals surface area (Å²) in [4.78, 5) is 31.9. The molecule has 3 rings (SSSR count). The van der Waals surface area contributed by atoms with Crippen LogP contribution in [0.3, 0.4) is 0 Å². The number of benzene rings is 2. The summed E-state index contributed by atoms with van der Waals surface area (Å²) in [6, 6.07) is 20.1. The van der Waals surface area contributed by atoms with Gasteiger partial charge in [-0.1, -0.05) is 48.5 Å². The molecule has 5 nitrogen and oxygen atoms in total. The van der Waals surface area contributed by atoms with Gasteiger partial charge in [-0.05, 0) is 31.5 Å². The smallest absolute Gasteiger partial charge is 0.237 e. The highest BCUT2D eigenvalue weighted by Gasteiger charge is 2.41. The van der Waals surface area contributed by atoms with Gasteiger partial charge in [-0.25, -0.2) is 0 Å². The van der Waals surface area contributed by atoms with Crippen LogP contribution in [-0.4, -0.2) is 54.8 Å². The number of hydrogen-bond donors (Lipinski definition) is 0. The summed E-state index contributed by atoms with van der Waals surface area (Å²) in [5.74, 6) is -0.239. The Labute approximate surface area is 167 Å². The van der Waals surface area contributed by atoms with Crippen LogP contribution in [0.2, 0.25) is 0 Å². The van der Waals surface area contributed by atoms with E-state index < -0.39 is 5.41 Å². The number of para-hydroxylation sites is 1. The zero-order chi connectivity index (χ0) is 20.1. The van der Waals surface area contributed by atoms with Gasteiger partial charge in [0, 0.05) is 45.5 Å². The minimum atomic E-state index is -1.07. The summed E-state index contributed by atoms with van der Waals surface area (Å²) in [7, 11) is 1.76. The molecule has 0 atom stereocenters. The standard InChI is InChI=1S/C23H29N3O2/c1-23(2,21(27)24(3)18-19-10-6-4-7-11-19)22(28)26-16-14-25(15-17-26)20-12-8-5-9-13-20/h4-13H,14-18H2,1-3H3. The third-order valence-corrected chi connectivity index (χ3v) is 5.37. The average molecular weight is 380 g/mol. The van der Waals surface area contributed by atoms with Crippen molar-refractivity contribution in [2.75, 3.05) is 38.1 Å². The normalized spacial score (nSPS) is 14.7. The van der Waals surface area contributed by atoms with Gasteiger partial charge in [0.1, 0.15) is 5.41 Å². The molecule has 1 saturated heterocycles. The first-order valence-corrected chi connectivity index (χ1v) is 9.78. The lowest BCUT2D eigenvalue weighted by atomic mass is 9.89. The number of anilines is 1. The predicted octanol–water partition coefficient (Wildman–Crippen LogP) is 3.02. The maximum Gasteiger partial charge on any atom is 0.237 e.